The minimum absolute atomic E-state index is 0.0477. The Balaban J connectivity index is 1.60. The Morgan fingerprint density at radius 1 is 1.18 bits per heavy atom. The molecule has 0 aliphatic carbocycles. The normalized spacial score (nSPS) is 21.4. The van der Waals surface area contributed by atoms with Crippen LogP contribution >= 0.6 is 0 Å². The first-order valence-corrected chi connectivity index (χ1v) is 11.5. The third kappa shape index (κ3) is 5.50. The summed E-state index contributed by atoms with van der Waals surface area (Å²) in [6.45, 7) is 3.96. The van der Waals surface area contributed by atoms with E-state index in [2.05, 4.69) is 10.2 Å². The van der Waals surface area contributed by atoms with Crippen molar-refractivity contribution in [2.24, 2.45) is 5.92 Å². The quantitative estimate of drug-likeness (QED) is 0.752. The molecule has 2 saturated heterocycles. The number of halogens is 1. The SMILES string of the molecule is CS(=O)(=O)N1CCC(C(=O)NCC(c2ccc(F)cc2)N2CCOCC2)CC1. The van der Waals surface area contributed by atoms with Crippen LogP contribution in [0.5, 0.6) is 0 Å². The summed E-state index contributed by atoms with van der Waals surface area (Å²) in [5, 5.41) is 3.03. The molecule has 1 atom stereocenters. The van der Waals surface area contributed by atoms with E-state index in [-0.39, 0.29) is 23.7 Å². The molecule has 0 radical (unpaired) electrons. The number of hydrogen-bond acceptors (Lipinski definition) is 5. The minimum Gasteiger partial charge on any atom is -0.379 e. The lowest BCUT2D eigenvalue weighted by atomic mass is 9.97. The molecule has 1 N–H and O–H groups in total. The molecular weight excluding hydrogens is 385 g/mol. The smallest absolute Gasteiger partial charge is 0.223 e. The van der Waals surface area contributed by atoms with E-state index in [4.69, 9.17) is 4.74 Å². The van der Waals surface area contributed by atoms with Crippen LogP contribution in [0.1, 0.15) is 24.4 Å². The molecular formula is C19H28FN3O4S. The van der Waals surface area contributed by atoms with Crippen LogP contribution in [0.3, 0.4) is 0 Å². The van der Waals surface area contributed by atoms with Gasteiger partial charge in [0.2, 0.25) is 15.9 Å². The molecule has 0 aromatic heterocycles. The van der Waals surface area contributed by atoms with Crippen LogP contribution in [0.15, 0.2) is 24.3 Å². The fraction of sp³-hybridized carbons (Fsp3) is 0.632. The van der Waals surface area contributed by atoms with Gasteiger partial charge in [0.25, 0.3) is 0 Å². The molecule has 0 saturated carbocycles. The molecule has 1 aromatic carbocycles. The molecule has 2 fully saturated rings. The Morgan fingerprint density at radius 2 is 1.79 bits per heavy atom. The first-order chi connectivity index (χ1) is 13.3. The molecule has 9 heteroatoms. The Bertz CT molecular complexity index is 758. The van der Waals surface area contributed by atoms with Crippen molar-refractivity contribution in [3.8, 4) is 0 Å². The van der Waals surface area contributed by atoms with E-state index < -0.39 is 10.0 Å². The Hall–Kier alpha value is -1.55. The van der Waals surface area contributed by atoms with Gasteiger partial charge >= 0.3 is 0 Å². The topological polar surface area (TPSA) is 79.0 Å². The first kappa shape index (κ1) is 21.2. The van der Waals surface area contributed by atoms with Crippen LogP contribution in [0.4, 0.5) is 4.39 Å². The number of nitrogens with zero attached hydrogens (tertiary/aromatic N) is 2. The molecule has 0 bridgehead atoms. The van der Waals surface area contributed by atoms with Gasteiger partial charge in [0.15, 0.2) is 0 Å². The summed E-state index contributed by atoms with van der Waals surface area (Å²) in [4.78, 5) is 14.9. The van der Waals surface area contributed by atoms with E-state index >= 15 is 0 Å². The summed E-state index contributed by atoms with van der Waals surface area (Å²) in [6, 6.07) is 6.33. The zero-order valence-electron chi connectivity index (χ0n) is 16.1. The molecule has 3 rings (SSSR count). The standard InChI is InChI=1S/C19H28FN3O4S/c1-28(25,26)23-8-6-16(7-9-23)19(24)21-14-18(22-10-12-27-13-11-22)15-2-4-17(20)5-3-15/h2-5,16,18H,6-14H2,1H3,(H,21,24). The van der Waals surface area contributed by atoms with Gasteiger partial charge in [0, 0.05) is 38.6 Å². The van der Waals surface area contributed by atoms with E-state index in [9.17, 15) is 17.6 Å². The molecule has 1 amide bonds. The molecule has 1 unspecified atom stereocenters. The van der Waals surface area contributed by atoms with E-state index in [1.54, 1.807) is 12.1 Å². The Kier molecular flexibility index (Phi) is 7.03. The molecule has 7 nitrogen and oxygen atoms in total. The van der Waals surface area contributed by atoms with Gasteiger partial charge in [-0.2, -0.15) is 0 Å². The molecule has 0 spiro atoms. The van der Waals surface area contributed by atoms with Crippen LogP contribution < -0.4 is 5.32 Å². The first-order valence-electron chi connectivity index (χ1n) is 9.64. The molecule has 2 aliphatic heterocycles. The number of carbonyl (C=O) groups excluding carboxylic acids is 1. The second-order valence-electron chi connectivity index (χ2n) is 7.40. The van der Waals surface area contributed by atoms with Crippen molar-refractivity contribution >= 4 is 15.9 Å². The van der Waals surface area contributed by atoms with E-state index in [1.165, 1.54) is 22.7 Å². The largest absolute Gasteiger partial charge is 0.379 e. The van der Waals surface area contributed by atoms with Crippen LogP contribution in [0.2, 0.25) is 0 Å². The number of nitrogens with one attached hydrogen (secondary N) is 1. The van der Waals surface area contributed by atoms with Gasteiger partial charge < -0.3 is 10.1 Å². The number of piperidine rings is 1. The number of rotatable bonds is 6. The monoisotopic (exact) mass is 413 g/mol. The van der Waals surface area contributed by atoms with Gasteiger partial charge in [-0.25, -0.2) is 17.1 Å². The van der Waals surface area contributed by atoms with Gasteiger partial charge in [0.05, 0.1) is 25.5 Å². The number of hydrogen-bond donors (Lipinski definition) is 1. The van der Waals surface area contributed by atoms with Gasteiger partial charge in [-0.15, -0.1) is 0 Å². The van der Waals surface area contributed by atoms with Crippen LogP contribution in [0, 0.1) is 11.7 Å². The van der Waals surface area contributed by atoms with Crippen molar-refractivity contribution in [3.63, 3.8) is 0 Å². The van der Waals surface area contributed by atoms with E-state index in [1.807, 2.05) is 0 Å². The maximum Gasteiger partial charge on any atom is 0.223 e. The second kappa shape index (κ2) is 9.30. The summed E-state index contributed by atoms with van der Waals surface area (Å²) in [7, 11) is -3.20. The van der Waals surface area contributed by atoms with E-state index in [0.29, 0.717) is 45.7 Å². The lowest BCUT2D eigenvalue weighted by molar-refractivity contribution is -0.126. The number of morpholine rings is 1. The fourth-order valence-corrected chi connectivity index (χ4v) is 4.70. The van der Waals surface area contributed by atoms with Gasteiger partial charge in [-0.05, 0) is 30.5 Å². The van der Waals surface area contributed by atoms with E-state index in [0.717, 1.165) is 18.7 Å². The maximum atomic E-state index is 13.3. The highest BCUT2D eigenvalue weighted by Gasteiger charge is 2.30. The zero-order valence-corrected chi connectivity index (χ0v) is 17.0. The Morgan fingerprint density at radius 3 is 2.36 bits per heavy atom. The predicted molar refractivity (Wildman–Crippen MR) is 104 cm³/mol. The van der Waals surface area contributed by atoms with Gasteiger partial charge in [0.1, 0.15) is 5.82 Å². The van der Waals surface area contributed by atoms with Crippen molar-refractivity contribution in [1.29, 1.82) is 0 Å². The van der Waals surface area contributed by atoms with Gasteiger partial charge in [-0.1, -0.05) is 12.1 Å². The van der Waals surface area contributed by atoms with Gasteiger partial charge in [-0.3, -0.25) is 9.69 Å². The minimum atomic E-state index is -3.20. The van der Waals surface area contributed by atoms with Crippen molar-refractivity contribution < 1.29 is 22.3 Å². The molecule has 1 aromatic rings. The van der Waals surface area contributed by atoms with Crippen LogP contribution in [-0.2, 0) is 19.6 Å². The number of ether oxygens (including phenoxy) is 1. The van der Waals surface area contributed by atoms with Crippen LogP contribution in [0.25, 0.3) is 0 Å². The number of carbonyl (C=O) groups is 1. The molecule has 28 heavy (non-hydrogen) atoms. The molecule has 156 valence electrons. The molecule has 2 aliphatic rings. The predicted octanol–water partition coefficient (Wildman–Crippen LogP) is 0.987. The summed E-state index contributed by atoms with van der Waals surface area (Å²) >= 11 is 0. The highest BCUT2D eigenvalue weighted by Crippen LogP contribution is 2.23. The second-order valence-corrected chi connectivity index (χ2v) is 9.38. The number of benzene rings is 1. The third-order valence-corrected chi connectivity index (χ3v) is 6.81. The number of sulfonamides is 1. The zero-order chi connectivity index (χ0) is 20.1. The fourth-order valence-electron chi connectivity index (χ4n) is 3.82. The number of amides is 1. The third-order valence-electron chi connectivity index (χ3n) is 5.50. The lowest BCUT2D eigenvalue weighted by Gasteiger charge is -2.35. The average Bonchev–Trinajstić information content (AvgIpc) is 2.69. The Labute approximate surface area is 165 Å². The van der Waals surface area contributed by atoms with Crippen molar-refractivity contribution in [2.45, 2.75) is 18.9 Å². The highest BCUT2D eigenvalue weighted by molar-refractivity contribution is 7.88. The summed E-state index contributed by atoms with van der Waals surface area (Å²) in [5.74, 6) is -0.517. The summed E-state index contributed by atoms with van der Waals surface area (Å²) < 4.78 is 43.4. The van der Waals surface area contributed by atoms with Crippen molar-refractivity contribution in [3.05, 3.63) is 35.6 Å². The summed E-state index contributed by atoms with van der Waals surface area (Å²) in [6.07, 6.45) is 2.25. The van der Waals surface area contributed by atoms with Crippen molar-refractivity contribution in [1.82, 2.24) is 14.5 Å². The summed E-state index contributed by atoms with van der Waals surface area (Å²) in [5.41, 5.74) is 0.954. The van der Waals surface area contributed by atoms with Crippen LogP contribution in [-0.4, -0.2) is 75.7 Å². The maximum absolute atomic E-state index is 13.3. The lowest BCUT2D eigenvalue weighted by Crippen LogP contribution is -2.46. The van der Waals surface area contributed by atoms with Crippen molar-refractivity contribution in [2.75, 3.05) is 52.2 Å². The molecule has 2 heterocycles. The highest BCUT2D eigenvalue weighted by atomic mass is 32.2. The average molecular weight is 414 g/mol.